The number of aliphatic hydroxyl groups excluding tert-OH is 11. The molecule has 3 rings (SSSR count). The van der Waals surface area contributed by atoms with Crippen molar-refractivity contribution in [1.29, 1.82) is 0 Å². The van der Waals surface area contributed by atoms with Crippen molar-refractivity contribution in [3.8, 4) is 0 Å². The summed E-state index contributed by atoms with van der Waals surface area (Å²) in [5.74, 6) is -0.278. The van der Waals surface area contributed by atoms with E-state index in [-0.39, 0.29) is 18.9 Å². The van der Waals surface area contributed by atoms with Crippen LogP contribution in [-0.2, 0) is 33.2 Å². The Morgan fingerprint density at radius 3 is 1.12 bits per heavy atom. The normalized spacial score (nSPS) is 27.6. The lowest BCUT2D eigenvalue weighted by molar-refractivity contribution is -0.379. The predicted molar refractivity (Wildman–Crippen MR) is 378 cm³/mol. The number of rotatable bonds is 57. The van der Waals surface area contributed by atoms with Gasteiger partial charge in [0.25, 0.3) is 0 Å². The summed E-state index contributed by atoms with van der Waals surface area (Å²) in [5, 5.41) is 120. The molecular formula is C77H133NO18. The van der Waals surface area contributed by atoms with Crippen molar-refractivity contribution >= 4 is 5.91 Å². The van der Waals surface area contributed by atoms with Crippen molar-refractivity contribution < 1.29 is 89.4 Å². The van der Waals surface area contributed by atoms with Crippen LogP contribution in [0.25, 0.3) is 0 Å². The van der Waals surface area contributed by atoms with E-state index >= 15 is 0 Å². The second-order valence-electron chi connectivity index (χ2n) is 26.4. The highest BCUT2D eigenvalue weighted by Crippen LogP contribution is 2.33. The molecule has 3 saturated heterocycles. The Morgan fingerprint density at radius 2 is 0.719 bits per heavy atom. The number of nitrogens with one attached hydrogen (secondary N) is 1. The molecule has 12 N–H and O–H groups in total. The standard InChI is InChI=1S/C77H133NO18/c1-3-5-7-9-11-13-15-17-18-19-20-21-22-23-24-25-26-27-28-29-30-31-32-33-34-35-36-37-38-39-40-41-42-43-45-47-49-51-53-55-65(83)78-60(61(82)54-52-50-48-46-44-16-14-12-10-8-6-4-2)59-91-75-71(89)68(86)73(63(57-80)93-75)96-77-72(90)69(87)74(64(58-81)94-77)95-76-70(88)67(85)66(84)62(56-79)92-76/h5,7,11,13,17-18,20-21,23-24,26-27,29-30,52,54,60-64,66-77,79-82,84-90H,3-4,6,8-10,12,14-16,19,22,25,28,31-51,53,55-59H2,1-2H3,(H,78,83)/b7-5-,13-11-,18-17-,21-20-,24-23-,27-26-,30-29-,54-52+. The van der Waals surface area contributed by atoms with Gasteiger partial charge < -0.3 is 89.9 Å². The topological polar surface area (TPSA) is 307 Å². The van der Waals surface area contributed by atoms with Crippen molar-refractivity contribution in [2.75, 3.05) is 26.4 Å². The van der Waals surface area contributed by atoms with Gasteiger partial charge in [-0.05, 0) is 77.0 Å². The lowest BCUT2D eigenvalue weighted by atomic mass is 9.96. The summed E-state index contributed by atoms with van der Waals surface area (Å²) in [5.41, 5.74) is 0. The summed E-state index contributed by atoms with van der Waals surface area (Å²) in [7, 11) is 0. The van der Waals surface area contributed by atoms with E-state index in [1.54, 1.807) is 6.08 Å². The number of unbranched alkanes of at least 4 members (excludes halogenated alkanes) is 27. The maximum absolute atomic E-state index is 13.4. The Kier molecular flexibility index (Phi) is 51.9. The fraction of sp³-hybridized carbons (Fsp3) is 0.779. The van der Waals surface area contributed by atoms with Crippen LogP contribution in [0.3, 0.4) is 0 Å². The molecule has 0 aromatic heterocycles. The summed E-state index contributed by atoms with van der Waals surface area (Å²) in [6, 6.07) is -0.975. The fourth-order valence-electron chi connectivity index (χ4n) is 12.1. The minimum atomic E-state index is -1.98. The van der Waals surface area contributed by atoms with E-state index < -0.39 is 124 Å². The molecule has 3 fully saturated rings. The van der Waals surface area contributed by atoms with E-state index in [0.29, 0.717) is 6.42 Å². The van der Waals surface area contributed by atoms with Gasteiger partial charge in [-0.15, -0.1) is 0 Å². The Bertz CT molecular complexity index is 2110. The predicted octanol–water partition coefficient (Wildman–Crippen LogP) is 11.2. The van der Waals surface area contributed by atoms with E-state index in [4.69, 9.17) is 28.4 Å². The molecule has 0 bridgehead atoms. The van der Waals surface area contributed by atoms with Gasteiger partial charge in [0.05, 0.1) is 38.6 Å². The van der Waals surface area contributed by atoms with Crippen molar-refractivity contribution in [1.82, 2.24) is 5.32 Å². The average molecular weight is 1360 g/mol. The summed E-state index contributed by atoms with van der Waals surface area (Å²) < 4.78 is 34.3. The van der Waals surface area contributed by atoms with Gasteiger partial charge in [0.2, 0.25) is 5.91 Å². The molecule has 0 aromatic rings. The van der Waals surface area contributed by atoms with Crippen molar-refractivity contribution in [3.05, 3.63) is 97.2 Å². The van der Waals surface area contributed by atoms with Crippen molar-refractivity contribution in [3.63, 3.8) is 0 Å². The summed E-state index contributed by atoms with van der Waals surface area (Å²) in [6.07, 6.45) is 49.8. The van der Waals surface area contributed by atoms with Gasteiger partial charge in [-0.1, -0.05) is 265 Å². The molecule has 19 nitrogen and oxygen atoms in total. The quantitative estimate of drug-likeness (QED) is 0.0199. The summed E-state index contributed by atoms with van der Waals surface area (Å²) in [6.45, 7) is 1.60. The zero-order valence-corrected chi connectivity index (χ0v) is 58.8. The molecule has 17 atom stereocenters. The number of amides is 1. The summed E-state index contributed by atoms with van der Waals surface area (Å²) in [4.78, 5) is 13.4. The molecule has 0 radical (unpaired) electrons. The molecule has 19 heteroatoms. The highest BCUT2D eigenvalue weighted by atomic mass is 16.8. The second kappa shape index (κ2) is 57.3. The highest BCUT2D eigenvalue weighted by molar-refractivity contribution is 5.76. The van der Waals surface area contributed by atoms with E-state index in [9.17, 15) is 61.0 Å². The Labute approximate surface area is 577 Å². The van der Waals surface area contributed by atoms with Gasteiger partial charge in [-0.2, -0.15) is 0 Å². The number of carbonyl (C=O) groups is 1. The molecule has 0 aliphatic carbocycles. The third-order valence-corrected chi connectivity index (χ3v) is 18.1. The van der Waals surface area contributed by atoms with Gasteiger partial charge in [0.15, 0.2) is 18.9 Å². The Balaban J connectivity index is 1.30. The molecule has 3 heterocycles. The number of aliphatic hydroxyl groups is 11. The van der Waals surface area contributed by atoms with E-state index in [0.717, 1.165) is 89.9 Å². The van der Waals surface area contributed by atoms with Crippen LogP contribution in [0.2, 0.25) is 0 Å². The molecule has 0 spiro atoms. The zero-order valence-electron chi connectivity index (χ0n) is 58.8. The van der Waals surface area contributed by atoms with E-state index in [1.165, 1.54) is 135 Å². The Morgan fingerprint density at radius 1 is 0.385 bits per heavy atom. The number of allylic oxidation sites excluding steroid dienone is 15. The van der Waals surface area contributed by atoms with Crippen LogP contribution in [0, 0.1) is 0 Å². The summed E-state index contributed by atoms with van der Waals surface area (Å²) >= 11 is 0. The van der Waals surface area contributed by atoms with Gasteiger partial charge in [0, 0.05) is 6.42 Å². The maximum atomic E-state index is 13.4. The number of carbonyl (C=O) groups excluding carboxylic acids is 1. The zero-order chi connectivity index (χ0) is 69.6. The number of hydrogen-bond donors (Lipinski definition) is 12. The van der Waals surface area contributed by atoms with E-state index in [2.05, 4.69) is 104 Å². The highest BCUT2D eigenvalue weighted by Gasteiger charge is 2.53. The van der Waals surface area contributed by atoms with Crippen LogP contribution in [0.4, 0.5) is 0 Å². The Hall–Kier alpha value is -3.29. The van der Waals surface area contributed by atoms with Crippen LogP contribution in [0.15, 0.2) is 97.2 Å². The molecule has 3 aliphatic rings. The minimum absolute atomic E-state index is 0.240. The van der Waals surface area contributed by atoms with Gasteiger partial charge >= 0.3 is 0 Å². The number of ether oxygens (including phenoxy) is 6. The molecule has 1 amide bonds. The first-order valence-electron chi connectivity index (χ1n) is 37.5. The maximum Gasteiger partial charge on any atom is 0.220 e. The monoisotopic (exact) mass is 1360 g/mol. The smallest absolute Gasteiger partial charge is 0.220 e. The van der Waals surface area contributed by atoms with Crippen molar-refractivity contribution in [2.45, 2.75) is 356 Å². The van der Waals surface area contributed by atoms with Crippen LogP contribution in [-0.4, -0.2) is 193 Å². The first-order chi connectivity index (χ1) is 46.8. The second-order valence-corrected chi connectivity index (χ2v) is 26.4. The first-order valence-corrected chi connectivity index (χ1v) is 37.5. The average Bonchev–Trinajstić information content (AvgIpc) is 0.787. The van der Waals surface area contributed by atoms with Gasteiger partial charge in [0.1, 0.15) is 73.2 Å². The van der Waals surface area contributed by atoms with Crippen molar-refractivity contribution in [2.24, 2.45) is 0 Å². The SMILES string of the molecule is CC/C=C\C/C=C\C/C=C\C/C=C\C/C=C\C/C=C\C/C=C\CCCCCCCCCCCCCCCCCCCC(=O)NC(COC1OC(CO)C(OC2OC(CO)C(OC3OC(CO)C(O)C(O)C3O)C(O)C2O)C(O)C1O)C(O)/C=C/CCCCCCCCCCCC. The van der Waals surface area contributed by atoms with Crippen LogP contribution >= 0.6 is 0 Å². The molecular weight excluding hydrogens is 1230 g/mol. The van der Waals surface area contributed by atoms with Gasteiger partial charge in [-0.25, -0.2) is 0 Å². The first kappa shape index (κ1) is 86.9. The molecule has 0 saturated carbocycles. The lowest BCUT2D eigenvalue weighted by Crippen LogP contribution is -2.66. The molecule has 96 heavy (non-hydrogen) atoms. The van der Waals surface area contributed by atoms with Gasteiger partial charge in [-0.3, -0.25) is 4.79 Å². The number of hydrogen-bond acceptors (Lipinski definition) is 18. The molecule has 17 unspecified atom stereocenters. The third-order valence-electron chi connectivity index (χ3n) is 18.1. The van der Waals surface area contributed by atoms with Crippen LogP contribution < -0.4 is 5.32 Å². The lowest BCUT2D eigenvalue weighted by Gasteiger charge is -2.48. The van der Waals surface area contributed by atoms with Crippen LogP contribution in [0.1, 0.15) is 251 Å². The van der Waals surface area contributed by atoms with Crippen LogP contribution in [0.5, 0.6) is 0 Å². The third kappa shape index (κ3) is 37.9. The minimum Gasteiger partial charge on any atom is -0.394 e. The van der Waals surface area contributed by atoms with E-state index in [1.807, 2.05) is 6.08 Å². The largest absolute Gasteiger partial charge is 0.394 e. The molecule has 3 aliphatic heterocycles. The molecule has 554 valence electrons. The fourth-order valence-corrected chi connectivity index (χ4v) is 12.1. The molecule has 0 aromatic carbocycles.